The number of sulfonamides is 1. The van der Waals surface area contributed by atoms with Gasteiger partial charge in [-0.25, -0.2) is 13.1 Å². The summed E-state index contributed by atoms with van der Waals surface area (Å²) in [7, 11) is -0.580. The zero-order valence-electron chi connectivity index (χ0n) is 15.6. The number of halogens is 3. The minimum absolute atomic E-state index is 0. The molecule has 1 atom stereocenters. The van der Waals surface area contributed by atoms with E-state index in [2.05, 4.69) is 9.71 Å². The van der Waals surface area contributed by atoms with E-state index in [0.29, 0.717) is 27.1 Å². The van der Waals surface area contributed by atoms with Crippen molar-refractivity contribution in [1.82, 2.24) is 9.62 Å². The zero-order valence-corrected chi connectivity index (χ0v) is 19.6. The molecule has 1 saturated heterocycles. The number of aliphatic hydroxyl groups is 1. The summed E-state index contributed by atoms with van der Waals surface area (Å²) in [4.78, 5) is 5.64. The highest BCUT2D eigenvalue weighted by Gasteiger charge is 2.43. The molecular weight excluding hydrogens is 477 g/mol. The second-order valence-electron chi connectivity index (χ2n) is 6.23. The van der Waals surface area contributed by atoms with Crippen LogP contribution in [0.2, 0.25) is 10.0 Å². The van der Waals surface area contributed by atoms with Crippen molar-refractivity contribution in [3.05, 3.63) is 63.6 Å². The van der Waals surface area contributed by atoms with E-state index in [9.17, 15) is 13.5 Å². The lowest BCUT2D eigenvalue weighted by Crippen LogP contribution is -2.42. The zero-order chi connectivity index (χ0) is 20.5. The van der Waals surface area contributed by atoms with Gasteiger partial charge in [0.2, 0.25) is 10.0 Å². The van der Waals surface area contributed by atoms with Gasteiger partial charge >= 0.3 is 0 Å². The van der Waals surface area contributed by atoms with Crippen LogP contribution in [-0.4, -0.2) is 43.4 Å². The predicted octanol–water partition coefficient (Wildman–Crippen LogP) is 3.70. The fourth-order valence-corrected chi connectivity index (χ4v) is 5.76. The van der Waals surface area contributed by atoms with Gasteiger partial charge in [-0.1, -0.05) is 59.2 Å². The molecule has 1 aliphatic rings. The number of amidine groups is 1. The lowest BCUT2D eigenvalue weighted by Gasteiger charge is -2.31. The van der Waals surface area contributed by atoms with Crippen molar-refractivity contribution >= 4 is 62.6 Å². The van der Waals surface area contributed by atoms with Gasteiger partial charge in [-0.05, 0) is 23.8 Å². The van der Waals surface area contributed by atoms with Crippen LogP contribution in [0, 0.1) is 0 Å². The van der Waals surface area contributed by atoms with Crippen LogP contribution in [-0.2, 0) is 22.3 Å². The molecule has 29 heavy (non-hydrogen) atoms. The summed E-state index contributed by atoms with van der Waals surface area (Å²) in [5.74, 6) is 0.324. The Morgan fingerprint density at radius 2 is 1.93 bits per heavy atom. The van der Waals surface area contributed by atoms with Gasteiger partial charge in [0.05, 0.1) is 10.8 Å². The number of hydrogen-bond donors (Lipinski definition) is 2. The SMILES string of the molecule is CN=C1SCC(O)(c2ccc(Cl)c(S(=O)(=O)NCc3ccccc3Cl)c2)N1C.Cl. The molecule has 1 fully saturated rings. The average molecular weight is 497 g/mol. The normalized spacial score (nSPS) is 20.7. The molecular formula is C18H20Cl3N3O3S2. The second-order valence-corrected chi connectivity index (χ2v) is 9.72. The average Bonchev–Trinajstić information content (AvgIpc) is 2.96. The molecule has 0 radical (unpaired) electrons. The summed E-state index contributed by atoms with van der Waals surface area (Å²) in [6.45, 7) is 0.0230. The van der Waals surface area contributed by atoms with Crippen molar-refractivity contribution in [1.29, 1.82) is 0 Å². The van der Waals surface area contributed by atoms with E-state index in [1.165, 1.54) is 23.9 Å². The van der Waals surface area contributed by atoms with Gasteiger partial charge in [-0.2, -0.15) is 0 Å². The molecule has 2 aromatic carbocycles. The van der Waals surface area contributed by atoms with Crippen molar-refractivity contribution in [3.8, 4) is 0 Å². The van der Waals surface area contributed by atoms with Gasteiger partial charge < -0.3 is 10.0 Å². The topological polar surface area (TPSA) is 82.0 Å². The fourth-order valence-electron chi connectivity index (χ4n) is 2.86. The molecule has 0 amide bonds. The van der Waals surface area contributed by atoms with Gasteiger partial charge in [0.1, 0.15) is 4.90 Å². The van der Waals surface area contributed by atoms with Gasteiger partial charge in [0.25, 0.3) is 0 Å². The highest BCUT2D eigenvalue weighted by Crippen LogP contribution is 2.39. The van der Waals surface area contributed by atoms with Crippen molar-refractivity contribution in [2.24, 2.45) is 4.99 Å². The molecule has 158 valence electrons. The summed E-state index contributed by atoms with van der Waals surface area (Å²) in [5.41, 5.74) is -0.310. The van der Waals surface area contributed by atoms with Crippen LogP contribution in [0.5, 0.6) is 0 Å². The summed E-state index contributed by atoms with van der Waals surface area (Å²) in [5, 5.41) is 12.3. The van der Waals surface area contributed by atoms with Crippen LogP contribution in [0.25, 0.3) is 0 Å². The Bertz CT molecular complexity index is 1030. The van der Waals surface area contributed by atoms with E-state index in [-0.39, 0.29) is 28.9 Å². The maximum absolute atomic E-state index is 12.8. The third-order valence-corrected chi connectivity index (χ3v) is 8.04. The molecule has 1 unspecified atom stereocenters. The maximum atomic E-state index is 12.8. The lowest BCUT2D eigenvalue weighted by molar-refractivity contribution is -0.0349. The Morgan fingerprint density at radius 3 is 2.55 bits per heavy atom. The number of hydrogen-bond acceptors (Lipinski definition) is 5. The van der Waals surface area contributed by atoms with Gasteiger partial charge in [0.15, 0.2) is 10.9 Å². The standard InChI is InChI=1S/C18H19Cl2N3O3S2.ClH/c1-21-17-23(2)18(24,11-27-17)13-7-8-15(20)16(9-13)28(25,26)22-10-12-5-3-4-6-14(12)19;/h3-9,22,24H,10-11H2,1-2H3;1H. The maximum Gasteiger partial charge on any atom is 0.242 e. The number of nitrogens with zero attached hydrogens (tertiary/aromatic N) is 2. The van der Waals surface area contributed by atoms with Crippen molar-refractivity contribution in [2.45, 2.75) is 17.2 Å². The van der Waals surface area contributed by atoms with Gasteiger partial charge in [-0.3, -0.25) is 4.99 Å². The van der Waals surface area contributed by atoms with Crippen LogP contribution >= 0.6 is 47.4 Å². The van der Waals surface area contributed by atoms with Crippen LogP contribution in [0.1, 0.15) is 11.1 Å². The quantitative estimate of drug-likeness (QED) is 0.659. The predicted molar refractivity (Wildman–Crippen MR) is 122 cm³/mol. The number of benzene rings is 2. The van der Waals surface area contributed by atoms with E-state index in [1.54, 1.807) is 49.3 Å². The fraction of sp³-hybridized carbons (Fsp3) is 0.278. The minimum atomic E-state index is -3.93. The third kappa shape index (κ3) is 4.85. The lowest BCUT2D eigenvalue weighted by atomic mass is 10.0. The first kappa shape index (κ1) is 24.3. The van der Waals surface area contributed by atoms with Crippen LogP contribution in [0.4, 0.5) is 0 Å². The summed E-state index contributed by atoms with van der Waals surface area (Å²) in [6.07, 6.45) is 0. The van der Waals surface area contributed by atoms with E-state index in [4.69, 9.17) is 23.2 Å². The Balaban J connectivity index is 0.00000300. The van der Waals surface area contributed by atoms with Crippen LogP contribution in [0.15, 0.2) is 52.4 Å². The number of nitrogens with one attached hydrogen (secondary N) is 1. The monoisotopic (exact) mass is 495 g/mol. The van der Waals surface area contributed by atoms with Crippen molar-refractivity contribution in [2.75, 3.05) is 19.8 Å². The molecule has 2 N–H and O–H groups in total. The smallest absolute Gasteiger partial charge is 0.242 e. The summed E-state index contributed by atoms with van der Waals surface area (Å²) in [6, 6.07) is 11.5. The van der Waals surface area contributed by atoms with Crippen molar-refractivity contribution < 1.29 is 13.5 Å². The molecule has 11 heteroatoms. The van der Waals surface area contributed by atoms with E-state index < -0.39 is 15.7 Å². The number of rotatable bonds is 5. The van der Waals surface area contributed by atoms with E-state index >= 15 is 0 Å². The first-order valence-corrected chi connectivity index (χ1v) is 11.5. The molecule has 0 aromatic heterocycles. The Labute approximate surface area is 190 Å². The van der Waals surface area contributed by atoms with Gasteiger partial charge in [0, 0.05) is 31.2 Å². The van der Waals surface area contributed by atoms with Crippen LogP contribution < -0.4 is 4.72 Å². The second kappa shape index (κ2) is 9.43. The van der Waals surface area contributed by atoms with E-state index in [0.717, 1.165) is 0 Å². The largest absolute Gasteiger partial charge is 0.366 e. The summed E-state index contributed by atoms with van der Waals surface area (Å²) >= 11 is 13.7. The Morgan fingerprint density at radius 1 is 1.24 bits per heavy atom. The Hall–Kier alpha value is -1.000. The molecule has 6 nitrogen and oxygen atoms in total. The summed E-state index contributed by atoms with van der Waals surface area (Å²) < 4.78 is 28.2. The number of thioether (sulfide) groups is 1. The molecule has 3 rings (SSSR count). The minimum Gasteiger partial charge on any atom is -0.366 e. The highest BCUT2D eigenvalue weighted by atomic mass is 35.5. The van der Waals surface area contributed by atoms with Gasteiger partial charge in [-0.15, -0.1) is 12.4 Å². The Kier molecular flexibility index (Phi) is 7.89. The molecule has 2 aromatic rings. The molecule has 0 spiro atoms. The molecule has 0 bridgehead atoms. The molecule has 0 aliphatic carbocycles. The number of aliphatic imine (C=N–C) groups is 1. The molecule has 1 heterocycles. The first-order chi connectivity index (χ1) is 13.2. The third-order valence-electron chi connectivity index (χ3n) is 4.53. The van der Waals surface area contributed by atoms with Crippen molar-refractivity contribution in [3.63, 3.8) is 0 Å². The molecule has 1 aliphatic heterocycles. The van der Waals surface area contributed by atoms with E-state index in [1.807, 2.05) is 0 Å². The highest BCUT2D eigenvalue weighted by molar-refractivity contribution is 8.14. The van der Waals surface area contributed by atoms with Crippen LogP contribution in [0.3, 0.4) is 0 Å². The molecule has 0 saturated carbocycles. The first-order valence-electron chi connectivity index (χ1n) is 8.28.